The van der Waals surface area contributed by atoms with Crippen LogP contribution in [0.15, 0.2) is 36.4 Å². The molecule has 0 aliphatic rings. The number of carbonyl (C=O) groups is 1. The smallest absolute Gasteiger partial charge is 0.150 e. The molecule has 0 saturated heterocycles. The van der Waals surface area contributed by atoms with Gasteiger partial charge in [-0.15, -0.1) is 0 Å². The summed E-state index contributed by atoms with van der Waals surface area (Å²) in [5, 5.41) is 2.36. The molecule has 2 aromatic carbocycles. The molecule has 0 N–H and O–H groups in total. The van der Waals surface area contributed by atoms with Crippen LogP contribution in [-0.2, 0) is 6.42 Å². The summed E-state index contributed by atoms with van der Waals surface area (Å²) in [5.41, 5.74) is 2.13. The monoisotopic (exact) mass is 212 g/mol. The zero-order valence-electron chi connectivity index (χ0n) is 9.57. The van der Waals surface area contributed by atoms with Crippen molar-refractivity contribution in [2.75, 3.05) is 0 Å². The van der Waals surface area contributed by atoms with E-state index in [-0.39, 0.29) is 0 Å². The molecule has 2 aromatic rings. The Hall–Kier alpha value is -1.63. The van der Waals surface area contributed by atoms with Crippen LogP contribution < -0.4 is 0 Å². The van der Waals surface area contributed by atoms with Gasteiger partial charge in [-0.25, -0.2) is 0 Å². The topological polar surface area (TPSA) is 17.1 Å². The second-order valence-electron chi connectivity index (χ2n) is 4.16. The van der Waals surface area contributed by atoms with Crippen molar-refractivity contribution in [1.82, 2.24) is 0 Å². The number of unbranched alkanes of at least 4 members (excludes halogenated alkanes) is 1. The van der Waals surface area contributed by atoms with E-state index in [1.807, 2.05) is 18.2 Å². The van der Waals surface area contributed by atoms with E-state index in [0.717, 1.165) is 23.7 Å². The summed E-state index contributed by atoms with van der Waals surface area (Å²) in [6.45, 7) is 2.21. The van der Waals surface area contributed by atoms with Gasteiger partial charge in [0.05, 0.1) is 0 Å². The van der Waals surface area contributed by atoms with Gasteiger partial charge >= 0.3 is 0 Å². The quantitative estimate of drug-likeness (QED) is 0.700. The first-order chi connectivity index (χ1) is 7.83. The van der Waals surface area contributed by atoms with Gasteiger partial charge in [-0.2, -0.15) is 0 Å². The van der Waals surface area contributed by atoms with Crippen LogP contribution in [0.3, 0.4) is 0 Å². The van der Waals surface area contributed by atoms with E-state index in [9.17, 15) is 4.79 Å². The maximum atomic E-state index is 10.7. The Bertz CT molecular complexity index is 500. The van der Waals surface area contributed by atoms with Crippen molar-refractivity contribution >= 4 is 17.1 Å². The average molecular weight is 212 g/mol. The van der Waals surface area contributed by atoms with Gasteiger partial charge in [0.2, 0.25) is 0 Å². The fraction of sp³-hybridized carbons (Fsp3) is 0.267. The molecular formula is C15H16O. The predicted octanol–water partition coefficient (Wildman–Crippen LogP) is 3.99. The van der Waals surface area contributed by atoms with Crippen molar-refractivity contribution in [2.45, 2.75) is 26.2 Å². The molecule has 82 valence electrons. The summed E-state index contributed by atoms with van der Waals surface area (Å²) in [6.07, 6.45) is 4.49. The number of carbonyl (C=O) groups excluding carboxylic acids is 1. The minimum absolute atomic E-state index is 0.744. The van der Waals surface area contributed by atoms with Crippen LogP contribution >= 0.6 is 0 Å². The molecule has 0 heterocycles. The number of hydrogen-bond donors (Lipinski definition) is 0. The van der Waals surface area contributed by atoms with Gasteiger partial charge in [0.1, 0.15) is 6.29 Å². The van der Waals surface area contributed by atoms with E-state index in [2.05, 4.69) is 25.1 Å². The van der Waals surface area contributed by atoms with Gasteiger partial charge in [0.15, 0.2) is 0 Å². The lowest BCUT2D eigenvalue weighted by atomic mass is 10.0. The van der Waals surface area contributed by atoms with Gasteiger partial charge in [-0.1, -0.05) is 43.7 Å². The maximum absolute atomic E-state index is 10.7. The standard InChI is InChI=1S/C15H16O/c1-2-3-4-12-5-7-15-10-13(11-16)6-8-14(15)9-12/h5-11H,2-4H2,1H3. The van der Waals surface area contributed by atoms with Crippen molar-refractivity contribution < 1.29 is 4.79 Å². The summed E-state index contributed by atoms with van der Waals surface area (Å²) < 4.78 is 0. The lowest BCUT2D eigenvalue weighted by molar-refractivity contribution is 0.112. The maximum Gasteiger partial charge on any atom is 0.150 e. The van der Waals surface area contributed by atoms with E-state index in [1.165, 1.54) is 23.8 Å². The van der Waals surface area contributed by atoms with E-state index >= 15 is 0 Å². The first kappa shape index (κ1) is 10.9. The molecule has 1 heteroatoms. The molecule has 0 amide bonds. The summed E-state index contributed by atoms with van der Waals surface area (Å²) >= 11 is 0. The number of aryl methyl sites for hydroxylation is 1. The number of hydrogen-bond acceptors (Lipinski definition) is 1. The minimum atomic E-state index is 0.744. The third kappa shape index (κ3) is 2.30. The summed E-state index contributed by atoms with van der Waals surface area (Å²) in [5.74, 6) is 0. The lowest BCUT2D eigenvalue weighted by Gasteiger charge is -2.03. The Kier molecular flexibility index (Phi) is 3.35. The number of aldehydes is 1. The molecule has 0 radical (unpaired) electrons. The molecule has 16 heavy (non-hydrogen) atoms. The van der Waals surface area contributed by atoms with Gasteiger partial charge in [-0.05, 0) is 35.2 Å². The molecule has 0 saturated carbocycles. The Morgan fingerprint density at radius 3 is 2.56 bits per heavy atom. The molecule has 0 unspecified atom stereocenters. The van der Waals surface area contributed by atoms with Crippen LogP contribution in [0, 0.1) is 0 Å². The minimum Gasteiger partial charge on any atom is -0.298 e. The second-order valence-corrected chi connectivity index (χ2v) is 4.16. The first-order valence-electron chi connectivity index (χ1n) is 5.81. The zero-order chi connectivity index (χ0) is 11.4. The Morgan fingerprint density at radius 2 is 1.81 bits per heavy atom. The predicted molar refractivity (Wildman–Crippen MR) is 67.9 cm³/mol. The highest BCUT2D eigenvalue weighted by Crippen LogP contribution is 2.18. The van der Waals surface area contributed by atoms with E-state index in [0.29, 0.717) is 0 Å². The summed E-state index contributed by atoms with van der Waals surface area (Å²) in [6, 6.07) is 12.3. The highest BCUT2D eigenvalue weighted by molar-refractivity contribution is 5.89. The number of rotatable bonds is 4. The largest absolute Gasteiger partial charge is 0.298 e. The van der Waals surface area contributed by atoms with Gasteiger partial charge in [0, 0.05) is 5.56 Å². The zero-order valence-corrected chi connectivity index (χ0v) is 9.57. The highest BCUT2D eigenvalue weighted by Gasteiger charge is 1.98. The Labute approximate surface area is 96.1 Å². The summed E-state index contributed by atoms with van der Waals surface area (Å²) in [4.78, 5) is 10.7. The molecule has 0 fully saturated rings. The molecule has 0 aromatic heterocycles. The molecule has 0 atom stereocenters. The molecular weight excluding hydrogens is 196 g/mol. The van der Waals surface area contributed by atoms with Crippen LogP contribution in [0.4, 0.5) is 0 Å². The Balaban J connectivity index is 2.35. The van der Waals surface area contributed by atoms with E-state index < -0.39 is 0 Å². The van der Waals surface area contributed by atoms with E-state index in [1.54, 1.807) is 0 Å². The van der Waals surface area contributed by atoms with Crippen molar-refractivity contribution in [3.8, 4) is 0 Å². The molecule has 1 nitrogen and oxygen atoms in total. The van der Waals surface area contributed by atoms with Crippen LogP contribution in [0.1, 0.15) is 35.7 Å². The van der Waals surface area contributed by atoms with Gasteiger partial charge in [0.25, 0.3) is 0 Å². The van der Waals surface area contributed by atoms with E-state index in [4.69, 9.17) is 0 Å². The fourth-order valence-corrected chi connectivity index (χ4v) is 1.92. The molecule has 0 aliphatic heterocycles. The fourth-order valence-electron chi connectivity index (χ4n) is 1.92. The number of fused-ring (bicyclic) bond motifs is 1. The molecule has 2 rings (SSSR count). The summed E-state index contributed by atoms with van der Waals surface area (Å²) in [7, 11) is 0. The van der Waals surface area contributed by atoms with Crippen molar-refractivity contribution in [1.29, 1.82) is 0 Å². The third-order valence-electron chi connectivity index (χ3n) is 2.88. The normalized spacial score (nSPS) is 10.6. The highest BCUT2D eigenvalue weighted by atomic mass is 16.1. The van der Waals surface area contributed by atoms with Crippen molar-refractivity contribution in [2.24, 2.45) is 0 Å². The molecule has 0 aliphatic carbocycles. The SMILES string of the molecule is CCCCc1ccc2cc(C=O)ccc2c1. The second kappa shape index (κ2) is 4.93. The van der Waals surface area contributed by atoms with Gasteiger partial charge in [-0.3, -0.25) is 4.79 Å². The lowest BCUT2D eigenvalue weighted by Crippen LogP contribution is -1.86. The van der Waals surface area contributed by atoms with Crippen molar-refractivity contribution in [3.63, 3.8) is 0 Å². The average Bonchev–Trinajstić information content (AvgIpc) is 2.35. The van der Waals surface area contributed by atoms with Crippen LogP contribution in [-0.4, -0.2) is 6.29 Å². The Morgan fingerprint density at radius 1 is 1.06 bits per heavy atom. The van der Waals surface area contributed by atoms with Crippen LogP contribution in [0.25, 0.3) is 10.8 Å². The molecule has 0 spiro atoms. The first-order valence-corrected chi connectivity index (χ1v) is 5.81. The van der Waals surface area contributed by atoms with Crippen LogP contribution in [0.5, 0.6) is 0 Å². The van der Waals surface area contributed by atoms with Crippen molar-refractivity contribution in [3.05, 3.63) is 47.5 Å². The third-order valence-corrected chi connectivity index (χ3v) is 2.88. The molecule has 0 bridgehead atoms. The van der Waals surface area contributed by atoms with Gasteiger partial charge < -0.3 is 0 Å². The van der Waals surface area contributed by atoms with Crippen LogP contribution in [0.2, 0.25) is 0 Å². The number of benzene rings is 2.